The largest absolute Gasteiger partial charge is 0.242 e. The molecule has 0 aromatic carbocycles. The van der Waals surface area contributed by atoms with Crippen LogP contribution in [-0.4, -0.2) is 25.3 Å². The predicted octanol–water partition coefficient (Wildman–Crippen LogP) is 2.49. The van der Waals surface area contributed by atoms with Crippen molar-refractivity contribution in [3.8, 4) is 0 Å². The maximum Gasteiger partial charge on any atom is 0.100 e. The van der Waals surface area contributed by atoms with Crippen molar-refractivity contribution in [1.82, 2.24) is 4.31 Å². The number of nitrogens with zero attached hydrogens (tertiary/aromatic N) is 1. The molecule has 1 heterocycles. The molecule has 0 aliphatic carbocycles. The van der Waals surface area contributed by atoms with E-state index in [4.69, 9.17) is 0 Å². The molecule has 0 bridgehead atoms. The van der Waals surface area contributed by atoms with Gasteiger partial charge in [-0.3, -0.25) is 0 Å². The van der Waals surface area contributed by atoms with Crippen LogP contribution in [0, 0.1) is 0 Å². The third-order valence-corrected chi connectivity index (χ3v) is 4.69. The van der Waals surface area contributed by atoms with Crippen molar-refractivity contribution in [3.63, 3.8) is 0 Å². The second kappa shape index (κ2) is 4.15. The molecule has 0 saturated carbocycles. The van der Waals surface area contributed by atoms with Gasteiger partial charge in [0.05, 0.1) is 4.75 Å². The summed E-state index contributed by atoms with van der Waals surface area (Å²) < 4.78 is 14.2. The summed E-state index contributed by atoms with van der Waals surface area (Å²) in [6.07, 6.45) is 4.14. The number of rotatable bonds is 2. The average molecular weight is 215 g/mol. The van der Waals surface area contributed by atoms with Crippen LogP contribution in [0.5, 0.6) is 0 Å². The van der Waals surface area contributed by atoms with Gasteiger partial charge in [-0.2, -0.15) is 0 Å². The van der Waals surface area contributed by atoms with Crippen LogP contribution < -0.4 is 0 Å². The van der Waals surface area contributed by atoms with E-state index < -0.39 is 11.0 Å². The highest BCUT2D eigenvalue weighted by Gasteiger charge is 2.37. The van der Waals surface area contributed by atoms with Gasteiger partial charge in [0.15, 0.2) is 0 Å². The van der Waals surface area contributed by atoms with Crippen molar-refractivity contribution in [1.29, 1.82) is 0 Å². The maximum absolute atomic E-state index is 12.2. The van der Waals surface area contributed by atoms with Crippen molar-refractivity contribution in [2.24, 2.45) is 0 Å². The van der Waals surface area contributed by atoms with E-state index >= 15 is 0 Å². The number of hydrogen-bond acceptors (Lipinski definition) is 1. The van der Waals surface area contributed by atoms with Gasteiger partial charge in [0, 0.05) is 12.1 Å². The Morgan fingerprint density at radius 1 is 1.43 bits per heavy atom. The Morgan fingerprint density at radius 2 is 2.00 bits per heavy atom. The molecule has 1 fully saturated rings. The zero-order valence-electron chi connectivity index (χ0n) is 9.62. The van der Waals surface area contributed by atoms with Gasteiger partial charge >= 0.3 is 0 Å². The third kappa shape index (κ3) is 2.26. The molecule has 0 amide bonds. The summed E-state index contributed by atoms with van der Waals surface area (Å²) in [5.74, 6) is 0. The fourth-order valence-corrected chi connectivity index (χ4v) is 3.32. The minimum Gasteiger partial charge on any atom is -0.242 e. The lowest BCUT2D eigenvalue weighted by Crippen LogP contribution is -2.43. The van der Waals surface area contributed by atoms with E-state index in [1.54, 1.807) is 0 Å². The van der Waals surface area contributed by atoms with Gasteiger partial charge in [-0.1, -0.05) is 6.08 Å². The van der Waals surface area contributed by atoms with Gasteiger partial charge in [0.2, 0.25) is 0 Å². The van der Waals surface area contributed by atoms with Crippen molar-refractivity contribution in [2.75, 3.05) is 0 Å². The molecule has 1 aliphatic heterocycles. The summed E-state index contributed by atoms with van der Waals surface area (Å²) in [6.45, 7) is 12.0. The van der Waals surface area contributed by atoms with Gasteiger partial charge < -0.3 is 0 Å². The SMILES string of the molecule is C=C[C@@H]1CC[C@H](C)N1S(=O)C(C)(C)C. The highest BCUT2D eigenvalue weighted by Crippen LogP contribution is 2.30. The highest BCUT2D eigenvalue weighted by atomic mass is 32.2. The summed E-state index contributed by atoms with van der Waals surface area (Å²) >= 11 is 0. The quantitative estimate of drug-likeness (QED) is 0.648. The summed E-state index contributed by atoms with van der Waals surface area (Å²) in [7, 11) is -0.911. The average Bonchev–Trinajstić information content (AvgIpc) is 2.43. The molecule has 0 aromatic rings. The second-order valence-electron chi connectivity index (χ2n) is 4.95. The maximum atomic E-state index is 12.2. The first-order valence-corrected chi connectivity index (χ1v) is 6.31. The zero-order chi connectivity index (χ0) is 10.9. The molecule has 1 unspecified atom stereocenters. The van der Waals surface area contributed by atoms with E-state index in [-0.39, 0.29) is 4.75 Å². The summed E-state index contributed by atoms with van der Waals surface area (Å²) in [5.41, 5.74) is 0. The molecule has 0 aromatic heterocycles. The van der Waals surface area contributed by atoms with Gasteiger partial charge in [-0.15, -0.1) is 6.58 Å². The minimum absolute atomic E-state index is 0.167. The van der Waals surface area contributed by atoms with Crippen molar-refractivity contribution >= 4 is 11.0 Å². The van der Waals surface area contributed by atoms with Crippen LogP contribution in [0.4, 0.5) is 0 Å². The lowest BCUT2D eigenvalue weighted by atomic mass is 10.2. The van der Waals surface area contributed by atoms with Crippen LogP contribution in [0.15, 0.2) is 12.7 Å². The third-order valence-electron chi connectivity index (χ3n) is 2.63. The molecule has 1 saturated heterocycles. The summed E-state index contributed by atoms with van der Waals surface area (Å²) in [6, 6.07) is 0.711. The van der Waals surface area contributed by atoms with E-state index in [2.05, 4.69) is 17.8 Å². The summed E-state index contributed by atoms with van der Waals surface area (Å²) in [4.78, 5) is 0. The molecule has 3 heteroatoms. The van der Waals surface area contributed by atoms with Crippen LogP contribution in [0.2, 0.25) is 0 Å². The predicted molar refractivity (Wildman–Crippen MR) is 62.4 cm³/mol. The molecule has 0 spiro atoms. The van der Waals surface area contributed by atoms with E-state index in [1.807, 2.05) is 26.8 Å². The Labute approximate surface area is 90.0 Å². The summed E-state index contributed by atoms with van der Waals surface area (Å²) in [5, 5.41) is 0. The Hall–Kier alpha value is -0.150. The Bertz CT molecular complexity index is 244. The standard InChI is InChI=1S/C11H21NOS/c1-6-10-8-7-9(2)12(10)14(13)11(3,4)5/h6,9-10H,1,7-8H2,2-5H3/t9-,10+,14?/m0/s1. The smallest absolute Gasteiger partial charge is 0.100 e. The Morgan fingerprint density at radius 3 is 2.43 bits per heavy atom. The van der Waals surface area contributed by atoms with Gasteiger partial charge in [-0.25, -0.2) is 8.51 Å². The van der Waals surface area contributed by atoms with Crippen molar-refractivity contribution in [3.05, 3.63) is 12.7 Å². The Kier molecular flexibility index (Phi) is 3.53. The molecule has 14 heavy (non-hydrogen) atoms. The molecule has 82 valence electrons. The Balaban J connectivity index is 2.84. The molecular weight excluding hydrogens is 194 g/mol. The van der Waals surface area contributed by atoms with Crippen LogP contribution in [0.25, 0.3) is 0 Å². The zero-order valence-corrected chi connectivity index (χ0v) is 10.4. The molecule has 3 atom stereocenters. The first-order chi connectivity index (χ1) is 6.38. The molecule has 1 aliphatic rings. The molecular formula is C11H21NOS. The van der Waals surface area contributed by atoms with Crippen molar-refractivity contribution < 1.29 is 4.21 Å². The lowest BCUT2D eigenvalue weighted by molar-refractivity contribution is 0.386. The van der Waals surface area contributed by atoms with Crippen LogP contribution in [-0.2, 0) is 11.0 Å². The topological polar surface area (TPSA) is 20.3 Å². The van der Waals surface area contributed by atoms with Gasteiger partial charge in [0.25, 0.3) is 0 Å². The normalized spacial score (nSPS) is 31.7. The van der Waals surface area contributed by atoms with E-state index in [0.717, 1.165) is 12.8 Å². The molecule has 0 N–H and O–H groups in total. The van der Waals surface area contributed by atoms with Crippen LogP contribution in [0.1, 0.15) is 40.5 Å². The number of hydrogen-bond donors (Lipinski definition) is 0. The van der Waals surface area contributed by atoms with Crippen LogP contribution >= 0.6 is 0 Å². The van der Waals surface area contributed by atoms with E-state index in [0.29, 0.717) is 12.1 Å². The monoisotopic (exact) mass is 215 g/mol. The first kappa shape index (κ1) is 11.9. The fraction of sp³-hybridized carbons (Fsp3) is 0.818. The van der Waals surface area contributed by atoms with Crippen LogP contribution in [0.3, 0.4) is 0 Å². The molecule has 1 rings (SSSR count). The van der Waals surface area contributed by atoms with E-state index in [9.17, 15) is 4.21 Å². The first-order valence-electron chi connectivity index (χ1n) is 5.21. The molecule has 2 nitrogen and oxygen atoms in total. The highest BCUT2D eigenvalue weighted by molar-refractivity contribution is 7.84. The van der Waals surface area contributed by atoms with Gasteiger partial charge in [-0.05, 0) is 40.5 Å². The van der Waals surface area contributed by atoms with E-state index in [1.165, 1.54) is 0 Å². The van der Waals surface area contributed by atoms with Crippen molar-refractivity contribution in [2.45, 2.75) is 57.4 Å². The second-order valence-corrected chi connectivity index (χ2v) is 7.10. The molecule has 0 radical (unpaired) electrons. The minimum atomic E-state index is -0.911. The van der Waals surface area contributed by atoms with Gasteiger partial charge in [0.1, 0.15) is 11.0 Å². The lowest BCUT2D eigenvalue weighted by Gasteiger charge is -2.31. The fourth-order valence-electron chi connectivity index (χ4n) is 1.82.